The highest BCUT2D eigenvalue weighted by Gasteiger charge is 2.30. The molecular weight excluding hydrogens is 169 g/mol. The van der Waals surface area contributed by atoms with Crippen LogP contribution in [0.25, 0.3) is 0 Å². The first kappa shape index (κ1) is 9.49. The fourth-order valence-corrected chi connectivity index (χ4v) is 0.416. The van der Waals surface area contributed by atoms with Gasteiger partial charge in [-0.15, -0.1) is 0 Å². The second-order valence-electron chi connectivity index (χ2n) is 1.63. The van der Waals surface area contributed by atoms with Crippen molar-refractivity contribution in [2.45, 2.75) is 13.1 Å². The Bertz CT molecular complexity index is 170. The Morgan fingerprint density at radius 3 is 2.00 bits per heavy atom. The molecule has 0 saturated heterocycles. The molecule has 1 nitrogen and oxygen atoms in total. The summed E-state index contributed by atoms with van der Waals surface area (Å²) in [6.07, 6.45) is -4.12. The molecule has 0 unspecified atom stereocenters. The van der Waals surface area contributed by atoms with Crippen LogP contribution < -0.4 is 0 Å². The van der Waals surface area contributed by atoms with Crippen LogP contribution in [0.4, 0.5) is 13.2 Å². The molecule has 0 aromatic heterocycles. The van der Waals surface area contributed by atoms with Gasteiger partial charge in [0.05, 0.1) is 0 Å². The summed E-state index contributed by atoms with van der Waals surface area (Å²) < 4.78 is 34.6. The minimum atomic E-state index is -4.45. The Balaban J connectivity index is 4.35. The second-order valence-corrected chi connectivity index (χ2v) is 2.00. The summed E-state index contributed by atoms with van der Waals surface area (Å²) in [5.41, 5.74) is -0.993. The number of carbonyl (C=O) groups excluding carboxylic acids is 1. The van der Waals surface area contributed by atoms with Crippen molar-refractivity contribution >= 4 is 16.8 Å². The SMILES string of the molecule is CC(=CC(=O)Cl)C(F)(F)F. The Morgan fingerprint density at radius 2 is 1.90 bits per heavy atom. The maximum atomic E-state index is 11.5. The maximum Gasteiger partial charge on any atom is 0.412 e. The van der Waals surface area contributed by atoms with Crippen LogP contribution in [0.15, 0.2) is 11.6 Å². The molecule has 58 valence electrons. The third-order valence-electron chi connectivity index (χ3n) is 0.777. The lowest BCUT2D eigenvalue weighted by Crippen LogP contribution is -2.09. The maximum absolute atomic E-state index is 11.5. The number of allylic oxidation sites excluding steroid dienone is 2. The van der Waals surface area contributed by atoms with E-state index in [1.807, 2.05) is 0 Å². The van der Waals surface area contributed by atoms with E-state index in [1.54, 1.807) is 0 Å². The molecule has 5 heteroatoms. The monoisotopic (exact) mass is 172 g/mol. The number of rotatable bonds is 1. The van der Waals surface area contributed by atoms with E-state index < -0.39 is 17.0 Å². The van der Waals surface area contributed by atoms with Gasteiger partial charge < -0.3 is 0 Å². The number of carbonyl (C=O) groups is 1. The van der Waals surface area contributed by atoms with E-state index in [1.165, 1.54) is 0 Å². The lowest BCUT2D eigenvalue weighted by Gasteiger charge is -2.03. The minimum absolute atomic E-state index is 0.335. The summed E-state index contributed by atoms with van der Waals surface area (Å²) in [5.74, 6) is 0. The highest BCUT2D eigenvalue weighted by Crippen LogP contribution is 2.24. The normalized spacial score (nSPS) is 13.5. The van der Waals surface area contributed by atoms with Gasteiger partial charge in [0.25, 0.3) is 0 Å². The molecule has 0 heterocycles. The second kappa shape index (κ2) is 3.05. The van der Waals surface area contributed by atoms with Crippen LogP contribution >= 0.6 is 11.6 Å². The molecule has 0 spiro atoms. The summed E-state index contributed by atoms with van der Waals surface area (Å²) in [4.78, 5) is 9.89. The van der Waals surface area contributed by atoms with Gasteiger partial charge in [-0.3, -0.25) is 4.79 Å². The van der Waals surface area contributed by atoms with Crippen LogP contribution in [0, 0.1) is 0 Å². The summed E-state index contributed by atoms with van der Waals surface area (Å²) in [7, 11) is 0. The van der Waals surface area contributed by atoms with Crippen LogP contribution in [-0.2, 0) is 4.79 Å². The van der Waals surface area contributed by atoms with E-state index in [0.29, 0.717) is 6.08 Å². The predicted molar refractivity (Wildman–Crippen MR) is 30.7 cm³/mol. The van der Waals surface area contributed by atoms with Crippen molar-refractivity contribution in [3.8, 4) is 0 Å². The molecule has 0 aliphatic rings. The third kappa shape index (κ3) is 3.50. The van der Waals surface area contributed by atoms with Crippen molar-refractivity contribution in [2.24, 2.45) is 0 Å². The molecule has 0 aliphatic carbocycles. The van der Waals surface area contributed by atoms with Crippen LogP contribution in [0.5, 0.6) is 0 Å². The first-order valence-corrected chi connectivity index (χ1v) is 2.67. The minimum Gasteiger partial charge on any atom is -0.276 e. The highest BCUT2D eigenvalue weighted by molar-refractivity contribution is 6.66. The van der Waals surface area contributed by atoms with Crippen molar-refractivity contribution in [1.29, 1.82) is 0 Å². The van der Waals surface area contributed by atoms with Crippen molar-refractivity contribution in [2.75, 3.05) is 0 Å². The molecule has 0 saturated carbocycles. The zero-order valence-electron chi connectivity index (χ0n) is 5.00. The Kier molecular flexibility index (Phi) is 2.90. The van der Waals surface area contributed by atoms with Gasteiger partial charge in [-0.1, -0.05) is 0 Å². The summed E-state index contributed by atoms with van der Waals surface area (Å²) >= 11 is 4.66. The molecule has 0 bridgehead atoms. The Hall–Kier alpha value is -0.510. The van der Waals surface area contributed by atoms with Crippen LogP contribution in [0.2, 0.25) is 0 Å². The van der Waals surface area contributed by atoms with Crippen molar-refractivity contribution in [3.63, 3.8) is 0 Å². The number of halogens is 4. The van der Waals surface area contributed by atoms with Gasteiger partial charge in [0.2, 0.25) is 5.24 Å². The van der Waals surface area contributed by atoms with Gasteiger partial charge >= 0.3 is 6.18 Å². The van der Waals surface area contributed by atoms with Crippen molar-refractivity contribution < 1.29 is 18.0 Å². The average molecular weight is 173 g/mol. The van der Waals surface area contributed by atoms with E-state index in [4.69, 9.17) is 0 Å². The van der Waals surface area contributed by atoms with Crippen LogP contribution in [0.1, 0.15) is 6.92 Å². The average Bonchev–Trinajstić information content (AvgIpc) is 1.60. The standard InChI is InChI=1S/C5H4ClF3O/c1-3(2-4(6)10)5(7,8)9/h2H,1H3. The summed E-state index contributed by atoms with van der Waals surface area (Å²) in [5, 5.41) is -1.12. The molecule has 0 aromatic carbocycles. The van der Waals surface area contributed by atoms with Crippen LogP contribution in [0.3, 0.4) is 0 Å². The van der Waals surface area contributed by atoms with E-state index in [-0.39, 0.29) is 0 Å². The largest absolute Gasteiger partial charge is 0.412 e. The molecule has 0 atom stereocenters. The van der Waals surface area contributed by atoms with Gasteiger partial charge in [0, 0.05) is 11.6 Å². The van der Waals surface area contributed by atoms with Crippen LogP contribution in [-0.4, -0.2) is 11.4 Å². The van der Waals surface area contributed by atoms with E-state index in [9.17, 15) is 18.0 Å². The molecule has 0 fully saturated rings. The number of alkyl halides is 3. The third-order valence-corrected chi connectivity index (χ3v) is 0.886. The molecule has 10 heavy (non-hydrogen) atoms. The van der Waals surface area contributed by atoms with E-state index in [2.05, 4.69) is 11.6 Å². The highest BCUT2D eigenvalue weighted by atomic mass is 35.5. The molecule has 0 rings (SSSR count). The van der Waals surface area contributed by atoms with Gasteiger partial charge in [-0.2, -0.15) is 13.2 Å². The molecule has 0 aromatic rings. The molecule has 0 amide bonds. The zero-order valence-corrected chi connectivity index (χ0v) is 5.75. The first-order chi connectivity index (χ1) is 4.34. The molecule has 0 radical (unpaired) electrons. The van der Waals surface area contributed by atoms with Gasteiger partial charge in [0.15, 0.2) is 0 Å². The quantitative estimate of drug-likeness (QED) is 0.438. The summed E-state index contributed by atoms with van der Waals surface area (Å²) in [6.45, 7) is 0.778. The van der Waals surface area contributed by atoms with Gasteiger partial charge in [-0.25, -0.2) is 0 Å². The zero-order chi connectivity index (χ0) is 8.36. The fraction of sp³-hybridized carbons (Fsp3) is 0.400. The van der Waals surface area contributed by atoms with Crippen molar-refractivity contribution in [3.05, 3.63) is 11.6 Å². The van der Waals surface area contributed by atoms with E-state index >= 15 is 0 Å². The summed E-state index contributed by atoms with van der Waals surface area (Å²) in [6, 6.07) is 0. The predicted octanol–water partition coefficient (Wildman–Crippen LogP) is 2.26. The van der Waals surface area contributed by atoms with Crippen molar-refractivity contribution in [1.82, 2.24) is 0 Å². The Morgan fingerprint density at radius 1 is 1.50 bits per heavy atom. The van der Waals surface area contributed by atoms with E-state index in [0.717, 1.165) is 6.92 Å². The lowest BCUT2D eigenvalue weighted by molar-refractivity contribution is -0.109. The Labute approximate surface area is 60.5 Å². The van der Waals surface area contributed by atoms with Gasteiger partial charge in [0.1, 0.15) is 0 Å². The first-order valence-electron chi connectivity index (χ1n) is 2.29. The topological polar surface area (TPSA) is 17.1 Å². The number of hydrogen-bond donors (Lipinski definition) is 0. The molecule has 0 aliphatic heterocycles. The fourth-order valence-electron chi connectivity index (χ4n) is 0.252. The number of hydrogen-bond acceptors (Lipinski definition) is 1. The molecule has 0 N–H and O–H groups in total. The lowest BCUT2D eigenvalue weighted by atomic mass is 10.3. The smallest absolute Gasteiger partial charge is 0.276 e. The van der Waals surface area contributed by atoms with Gasteiger partial charge in [-0.05, 0) is 18.5 Å². The molecular formula is C5H4ClF3O.